The van der Waals surface area contributed by atoms with Crippen LogP contribution in [0.2, 0.25) is 0 Å². The van der Waals surface area contributed by atoms with Gasteiger partial charge in [-0.25, -0.2) is 9.59 Å². The molecule has 0 aliphatic heterocycles. The first-order valence-electron chi connectivity index (χ1n) is 7.55. The Labute approximate surface area is 146 Å². The molecule has 0 amide bonds. The van der Waals surface area contributed by atoms with E-state index in [2.05, 4.69) is 14.2 Å². The van der Waals surface area contributed by atoms with Crippen molar-refractivity contribution in [3.8, 4) is 0 Å². The van der Waals surface area contributed by atoms with Crippen LogP contribution in [0.25, 0.3) is 6.08 Å². The number of rotatable bonds is 7. The Kier molecular flexibility index (Phi) is 8.92. The number of carboxylic acid groups (broad SMARTS) is 1. The van der Waals surface area contributed by atoms with Gasteiger partial charge in [0.15, 0.2) is 0 Å². The van der Waals surface area contributed by atoms with Crippen molar-refractivity contribution in [1.29, 1.82) is 0 Å². The molecule has 0 saturated heterocycles. The lowest BCUT2D eigenvalue weighted by Crippen LogP contribution is -2.11. The topological polar surface area (TPSA) is 82.1 Å². The summed E-state index contributed by atoms with van der Waals surface area (Å²) in [7, 11) is 0. The first kappa shape index (κ1) is 19.8. The van der Waals surface area contributed by atoms with Crippen LogP contribution in [0, 0.1) is 0 Å². The molecule has 0 heterocycles. The Morgan fingerprint density at radius 1 is 1.08 bits per heavy atom. The van der Waals surface area contributed by atoms with Gasteiger partial charge in [-0.05, 0) is 19.4 Å². The molecule has 0 atom stereocenters. The molecule has 0 spiro atoms. The lowest BCUT2D eigenvalue weighted by molar-refractivity contribution is 0.0269. The van der Waals surface area contributed by atoms with E-state index in [1.165, 1.54) is 12.2 Å². The molecule has 0 fully saturated rings. The van der Waals surface area contributed by atoms with Crippen molar-refractivity contribution in [3.05, 3.63) is 77.8 Å². The number of ether oxygens (including phenoxy) is 3. The number of benzene rings is 1. The summed E-state index contributed by atoms with van der Waals surface area (Å²) >= 11 is 0. The van der Waals surface area contributed by atoms with Gasteiger partial charge in [0.1, 0.15) is 0 Å². The summed E-state index contributed by atoms with van der Waals surface area (Å²) in [6.07, 6.45) is 7.50. The van der Waals surface area contributed by atoms with E-state index in [1.807, 2.05) is 55.5 Å². The van der Waals surface area contributed by atoms with Crippen LogP contribution in [0.5, 0.6) is 0 Å². The Morgan fingerprint density at radius 3 is 2.44 bits per heavy atom. The van der Waals surface area contributed by atoms with Crippen molar-refractivity contribution >= 4 is 18.4 Å². The number of carbonyl (C=O) groups is 2. The molecular weight excluding hydrogens is 324 g/mol. The molecule has 6 heteroatoms. The minimum atomic E-state index is -1.60. The van der Waals surface area contributed by atoms with E-state index in [1.54, 1.807) is 13.0 Å². The van der Waals surface area contributed by atoms with Crippen LogP contribution in [0.15, 0.2) is 72.2 Å². The maximum absolute atomic E-state index is 11.2. The second-order valence-corrected chi connectivity index (χ2v) is 4.68. The highest BCUT2D eigenvalue weighted by atomic mass is 16.8. The minimum absolute atomic E-state index is 0.102. The highest BCUT2D eigenvalue weighted by Crippen LogP contribution is 2.06. The van der Waals surface area contributed by atoms with Crippen LogP contribution in [-0.4, -0.2) is 24.0 Å². The van der Waals surface area contributed by atoms with Crippen molar-refractivity contribution in [3.63, 3.8) is 0 Å². The molecule has 132 valence electrons. The van der Waals surface area contributed by atoms with E-state index in [4.69, 9.17) is 5.11 Å². The average Bonchev–Trinajstić information content (AvgIpc) is 2.55. The second-order valence-electron chi connectivity index (χ2n) is 4.68. The molecule has 1 aromatic rings. The van der Waals surface area contributed by atoms with Crippen molar-refractivity contribution in [2.75, 3.05) is 6.61 Å². The standard InChI is InChI=1S/C19H20O6/c1-3-23-19(22)25-17(24-18(20)21)14-8-10-15(2)9-7-13-16-11-5-4-6-12-16/h4-14H,3H2,1-2H3,(H,20,21). The molecule has 0 aromatic heterocycles. The van der Waals surface area contributed by atoms with E-state index in [-0.39, 0.29) is 6.61 Å². The number of hydrogen-bond acceptors (Lipinski definition) is 5. The van der Waals surface area contributed by atoms with E-state index < -0.39 is 18.3 Å². The molecule has 0 radical (unpaired) electrons. The Bertz CT molecular complexity index is 683. The zero-order valence-corrected chi connectivity index (χ0v) is 14.0. The minimum Gasteiger partial charge on any atom is -0.449 e. The van der Waals surface area contributed by atoms with Gasteiger partial charge in [0.2, 0.25) is 0 Å². The predicted molar refractivity (Wildman–Crippen MR) is 93.7 cm³/mol. The molecular formula is C19H20O6. The van der Waals surface area contributed by atoms with Gasteiger partial charge < -0.3 is 19.3 Å². The second kappa shape index (κ2) is 11.3. The molecule has 1 rings (SSSR count). The molecule has 0 aliphatic carbocycles. The van der Waals surface area contributed by atoms with E-state index >= 15 is 0 Å². The van der Waals surface area contributed by atoms with E-state index in [9.17, 15) is 9.59 Å². The quantitative estimate of drug-likeness (QED) is 0.430. The molecule has 0 unspecified atom stereocenters. The Balaban J connectivity index is 2.68. The zero-order chi connectivity index (χ0) is 18.5. The van der Waals surface area contributed by atoms with Gasteiger partial charge in [0.05, 0.1) is 6.61 Å². The summed E-state index contributed by atoms with van der Waals surface area (Å²) in [6, 6.07) is 9.83. The fourth-order valence-corrected chi connectivity index (χ4v) is 1.61. The normalized spacial score (nSPS) is 12.4. The summed E-state index contributed by atoms with van der Waals surface area (Å²) < 4.78 is 13.5. The van der Waals surface area contributed by atoms with Crippen LogP contribution < -0.4 is 0 Å². The predicted octanol–water partition coefficient (Wildman–Crippen LogP) is 4.91. The fraction of sp³-hybridized carbons (Fsp3) is 0.158. The molecule has 25 heavy (non-hydrogen) atoms. The molecule has 0 aliphatic rings. The van der Waals surface area contributed by atoms with Crippen molar-refractivity contribution < 1.29 is 28.9 Å². The molecule has 0 saturated carbocycles. The summed E-state index contributed by atoms with van der Waals surface area (Å²) in [5.41, 5.74) is 1.98. The van der Waals surface area contributed by atoms with E-state index in [0.29, 0.717) is 0 Å². The van der Waals surface area contributed by atoms with Gasteiger partial charge in [-0.3, -0.25) is 0 Å². The van der Waals surface area contributed by atoms with Crippen molar-refractivity contribution in [2.24, 2.45) is 0 Å². The van der Waals surface area contributed by atoms with Gasteiger partial charge in [-0.1, -0.05) is 66.3 Å². The number of hydrogen-bond donors (Lipinski definition) is 1. The monoisotopic (exact) mass is 344 g/mol. The van der Waals surface area contributed by atoms with Crippen molar-refractivity contribution in [2.45, 2.75) is 13.8 Å². The highest BCUT2D eigenvalue weighted by Gasteiger charge is 2.11. The Hall–Kier alpha value is -3.28. The van der Waals surface area contributed by atoms with Crippen LogP contribution in [-0.2, 0) is 14.2 Å². The van der Waals surface area contributed by atoms with Crippen LogP contribution in [0.3, 0.4) is 0 Å². The van der Waals surface area contributed by atoms with Crippen LogP contribution in [0.1, 0.15) is 19.4 Å². The number of carbonyl (C=O) groups excluding carboxylic acids is 1. The first-order chi connectivity index (χ1) is 12.0. The van der Waals surface area contributed by atoms with Gasteiger partial charge in [0, 0.05) is 6.08 Å². The molecule has 1 aromatic carbocycles. The largest absolute Gasteiger partial charge is 0.516 e. The lowest BCUT2D eigenvalue weighted by Gasteiger charge is -2.05. The SMILES string of the molecule is CCOC(=O)OC(=CC=CC(C)=CC=Cc1ccccc1)OC(=O)O. The molecule has 6 nitrogen and oxygen atoms in total. The van der Waals surface area contributed by atoms with Gasteiger partial charge in [0.25, 0.3) is 0 Å². The van der Waals surface area contributed by atoms with Gasteiger partial charge >= 0.3 is 18.3 Å². The maximum atomic E-state index is 11.2. The number of allylic oxidation sites excluding steroid dienone is 6. The summed E-state index contributed by atoms with van der Waals surface area (Å²) in [6.45, 7) is 3.56. The third-order valence-corrected chi connectivity index (χ3v) is 2.67. The third kappa shape index (κ3) is 9.45. The smallest absolute Gasteiger partial charge is 0.449 e. The zero-order valence-electron chi connectivity index (χ0n) is 14.0. The summed E-state index contributed by atoms with van der Waals surface area (Å²) in [4.78, 5) is 21.8. The van der Waals surface area contributed by atoms with Gasteiger partial charge in [-0.2, -0.15) is 0 Å². The fourth-order valence-electron chi connectivity index (χ4n) is 1.61. The lowest BCUT2D eigenvalue weighted by atomic mass is 10.2. The highest BCUT2D eigenvalue weighted by molar-refractivity contribution is 5.63. The average molecular weight is 344 g/mol. The van der Waals surface area contributed by atoms with Gasteiger partial charge in [-0.15, -0.1) is 0 Å². The van der Waals surface area contributed by atoms with Crippen LogP contribution >= 0.6 is 0 Å². The van der Waals surface area contributed by atoms with Crippen LogP contribution in [0.4, 0.5) is 9.59 Å². The third-order valence-electron chi connectivity index (χ3n) is 2.67. The molecule has 1 N–H and O–H groups in total. The van der Waals surface area contributed by atoms with E-state index in [0.717, 1.165) is 11.1 Å². The maximum Gasteiger partial charge on any atom is 0.516 e. The van der Waals surface area contributed by atoms with Crippen molar-refractivity contribution in [1.82, 2.24) is 0 Å². The Morgan fingerprint density at radius 2 is 1.80 bits per heavy atom. The summed E-state index contributed by atoms with van der Waals surface area (Å²) in [5, 5.41) is 8.62. The molecule has 0 bridgehead atoms. The first-order valence-corrected chi connectivity index (χ1v) is 7.55. The summed E-state index contributed by atoms with van der Waals surface area (Å²) in [5.74, 6) is -0.491.